The second-order valence-electron chi connectivity index (χ2n) is 4.51. The van der Waals surface area contributed by atoms with Gasteiger partial charge in [-0.05, 0) is 23.8 Å². The Labute approximate surface area is 125 Å². The number of nitrogens with zero attached hydrogens (tertiary/aromatic N) is 2. The summed E-state index contributed by atoms with van der Waals surface area (Å²) < 4.78 is 5.85. The second kappa shape index (κ2) is 5.38. The minimum absolute atomic E-state index is 0.0831. The van der Waals surface area contributed by atoms with Gasteiger partial charge < -0.3 is 16.2 Å². The van der Waals surface area contributed by atoms with Gasteiger partial charge >= 0.3 is 0 Å². The molecule has 5 nitrogen and oxygen atoms in total. The van der Waals surface area contributed by atoms with E-state index in [0.29, 0.717) is 16.8 Å². The number of nitrogens with two attached hydrogens (primary N) is 2. The van der Waals surface area contributed by atoms with E-state index < -0.39 is 0 Å². The smallest absolute Gasteiger partial charge is 0.191 e. The number of nitrogen functional groups attached to an aromatic ring is 2. The van der Waals surface area contributed by atoms with Gasteiger partial charge in [0.1, 0.15) is 23.5 Å². The highest BCUT2D eigenvalue weighted by Crippen LogP contribution is 2.33. The predicted molar refractivity (Wildman–Crippen MR) is 81.2 cm³/mol. The Balaban J connectivity index is 1.63. The van der Waals surface area contributed by atoms with Gasteiger partial charge in [0.05, 0.1) is 0 Å². The molecular formula is C13H13ClN4OS. The van der Waals surface area contributed by atoms with Gasteiger partial charge in [-0.1, -0.05) is 23.4 Å². The first-order valence-electron chi connectivity index (χ1n) is 6.08. The van der Waals surface area contributed by atoms with Crippen molar-refractivity contribution in [1.29, 1.82) is 0 Å². The second-order valence-corrected chi connectivity index (χ2v) is 5.93. The zero-order valence-electron chi connectivity index (χ0n) is 10.5. The topological polar surface area (TPSA) is 87.1 Å². The summed E-state index contributed by atoms with van der Waals surface area (Å²) in [4.78, 5) is 8.26. The molecule has 0 spiro atoms. The van der Waals surface area contributed by atoms with E-state index in [4.69, 9.17) is 27.8 Å². The van der Waals surface area contributed by atoms with Crippen LogP contribution in [0, 0.1) is 0 Å². The van der Waals surface area contributed by atoms with E-state index in [1.165, 1.54) is 17.8 Å². The summed E-state index contributed by atoms with van der Waals surface area (Å²) in [5, 5.41) is 1.30. The summed E-state index contributed by atoms with van der Waals surface area (Å²) in [6.07, 6.45) is 0.917. The number of thioether (sulfide) groups is 1. The average molecular weight is 309 g/mol. The van der Waals surface area contributed by atoms with Crippen molar-refractivity contribution in [1.82, 2.24) is 9.97 Å². The summed E-state index contributed by atoms with van der Waals surface area (Å²) in [6.45, 7) is 0. The van der Waals surface area contributed by atoms with Crippen LogP contribution in [0.4, 0.5) is 11.6 Å². The Morgan fingerprint density at radius 3 is 2.75 bits per heavy atom. The fourth-order valence-corrected chi connectivity index (χ4v) is 3.13. The number of rotatable bonds is 3. The molecule has 1 aromatic carbocycles. The highest BCUT2D eigenvalue weighted by molar-refractivity contribution is 7.99. The van der Waals surface area contributed by atoms with Crippen LogP contribution in [-0.4, -0.2) is 21.8 Å². The van der Waals surface area contributed by atoms with Crippen LogP contribution in [0.15, 0.2) is 29.4 Å². The molecule has 0 saturated heterocycles. The minimum Gasteiger partial charge on any atom is -0.489 e. The van der Waals surface area contributed by atoms with Crippen LogP contribution in [0.5, 0.6) is 5.75 Å². The average Bonchev–Trinajstić information content (AvgIpc) is 2.77. The van der Waals surface area contributed by atoms with Gasteiger partial charge in [0, 0.05) is 23.3 Å². The molecule has 3 rings (SSSR count). The lowest BCUT2D eigenvalue weighted by Crippen LogP contribution is -2.16. The molecule has 1 atom stereocenters. The van der Waals surface area contributed by atoms with E-state index in [1.54, 1.807) is 0 Å². The molecule has 0 radical (unpaired) electrons. The molecule has 2 heterocycles. The van der Waals surface area contributed by atoms with Crippen molar-refractivity contribution in [2.24, 2.45) is 0 Å². The van der Waals surface area contributed by atoms with Gasteiger partial charge in [-0.2, -0.15) is 0 Å². The van der Waals surface area contributed by atoms with Gasteiger partial charge in [0.25, 0.3) is 0 Å². The van der Waals surface area contributed by atoms with Crippen LogP contribution < -0.4 is 16.2 Å². The Morgan fingerprint density at radius 1 is 1.25 bits per heavy atom. The molecule has 1 aliphatic rings. The van der Waals surface area contributed by atoms with Crippen molar-refractivity contribution in [3.8, 4) is 5.75 Å². The quantitative estimate of drug-likeness (QED) is 0.669. The fourth-order valence-electron chi connectivity index (χ4n) is 2.08. The molecule has 7 heteroatoms. The Bertz CT molecular complexity index is 632. The zero-order valence-corrected chi connectivity index (χ0v) is 12.1. The van der Waals surface area contributed by atoms with Gasteiger partial charge in [0.2, 0.25) is 0 Å². The number of anilines is 2. The lowest BCUT2D eigenvalue weighted by atomic mass is 10.1. The monoisotopic (exact) mass is 308 g/mol. The molecule has 4 N–H and O–H groups in total. The summed E-state index contributed by atoms with van der Waals surface area (Å²) >= 11 is 7.45. The maximum Gasteiger partial charge on any atom is 0.191 e. The largest absolute Gasteiger partial charge is 0.489 e. The fraction of sp³-hybridized carbons (Fsp3) is 0.231. The SMILES string of the molecule is Nc1cc(N)nc(SCC2Cc3cc(Cl)ccc3O2)n1. The Hall–Kier alpha value is -1.66. The molecule has 2 aromatic rings. The van der Waals surface area contributed by atoms with Crippen molar-refractivity contribution < 1.29 is 4.74 Å². The third-order valence-electron chi connectivity index (χ3n) is 2.91. The number of fused-ring (bicyclic) bond motifs is 1. The molecule has 104 valence electrons. The van der Waals surface area contributed by atoms with Crippen molar-refractivity contribution >= 4 is 35.0 Å². The number of benzene rings is 1. The van der Waals surface area contributed by atoms with Gasteiger partial charge in [0.15, 0.2) is 5.16 Å². The lowest BCUT2D eigenvalue weighted by Gasteiger charge is -2.09. The van der Waals surface area contributed by atoms with Gasteiger partial charge in [-0.3, -0.25) is 0 Å². The summed E-state index contributed by atoms with van der Waals surface area (Å²) in [5.41, 5.74) is 12.4. The molecule has 1 aliphatic heterocycles. The third-order valence-corrected chi connectivity index (χ3v) is 4.12. The van der Waals surface area contributed by atoms with Crippen LogP contribution in [0.25, 0.3) is 0 Å². The first kappa shape index (κ1) is 13.3. The summed E-state index contributed by atoms with van der Waals surface area (Å²) in [5.74, 6) is 2.38. The predicted octanol–water partition coefficient (Wildman–Crippen LogP) is 2.39. The molecule has 1 aromatic heterocycles. The Kier molecular flexibility index (Phi) is 3.58. The van der Waals surface area contributed by atoms with Crippen molar-refractivity contribution in [2.75, 3.05) is 17.2 Å². The zero-order chi connectivity index (χ0) is 14.1. The molecule has 0 aliphatic carbocycles. The third kappa shape index (κ3) is 2.91. The lowest BCUT2D eigenvalue weighted by molar-refractivity contribution is 0.259. The van der Waals surface area contributed by atoms with Crippen LogP contribution in [0.2, 0.25) is 5.02 Å². The van der Waals surface area contributed by atoms with E-state index >= 15 is 0 Å². The maximum atomic E-state index is 5.97. The standard InChI is InChI=1S/C13H13ClN4OS/c14-8-1-2-10-7(3-8)4-9(19-10)6-20-13-17-11(15)5-12(16)18-13/h1-3,5,9H,4,6H2,(H4,15,16,17,18). The van der Waals surface area contributed by atoms with Crippen LogP contribution in [-0.2, 0) is 6.42 Å². The first-order valence-corrected chi connectivity index (χ1v) is 7.44. The molecule has 0 fully saturated rings. The number of ether oxygens (including phenoxy) is 1. The van der Waals surface area contributed by atoms with E-state index in [0.717, 1.165) is 28.5 Å². The number of halogens is 1. The first-order chi connectivity index (χ1) is 9.60. The molecule has 0 amide bonds. The molecular weight excluding hydrogens is 296 g/mol. The van der Waals surface area contributed by atoms with Crippen LogP contribution in [0.3, 0.4) is 0 Å². The van der Waals surface area contributed by atoms with Gasteiger partial charge in [-0.25, -0.2) is 9.97 Å². The van der Waals surface area contributed by atoms with Crippen LogP contribution >= 0.6 is 23.4 Å². The van der Waals surface area contributed by atoms with E-state index in [9.17, 15) is 0 Å². The Morgan fingerprint density at radius 2 is 2.00 bits per heavy atom. The minimum atomic E-state index is 0.0831. The van der Waals surface area contributed by atoms with Crippen molar-refractivity contribution in [3.05, 3.63) is 34.9 Å². The van der Waals surface area contributed by atoms with Crippen LogP contribution in [0.1, 0.15) is 5.56 Å². The highest BCUT2D eigenvalue weighted by Gasteiger charge is 2.23. The van der Waals surface area contributed by atoms with Crippen molar-refractivity contribution in [3.63, 3.8) is 0 Å². The normalized spacial score (nSPS) is 16.8. The molecule has 20 heavy (non-hydrogen) atoms. The van der Waals surface area contributed by atoms with Gasteiger partial charge in [-0.15, -0.1) is 0 Å². The molecule has 0 saturated carbocycles. The maximum absolute atomic E-state index is 5.97. The molecule has 1 unspecified atom stereocenters. The number of hydrogen-bond donors (Lipinski definition) is 2. The van der Waals surface area contributed by atoms with E-state index in [2.05, 4.69) is 9.97 Å². The van der Waals surface area contributed by atoms with E-state index in [-0.39, 0.29) is 6.10 Å². The van der Waals surface area contributed by atoms with E-state index in [1.807, 2.05) is 18.2 Å². The molecule has 0 bridgehead atoms. The summed E-state index contributed by atoms with van der Waals surface area (Å²) in [6, 6.07) is 7.21. The number of aromatic nitrogens is 2. The summed E-state index contributed by atoms with van der Waals surface area (Å²) in [7, 11) is 0. The highest BCUT2D eigenvalue weighted by atomic mass is 35.5. The van der Waals surface area contributed by atoms with Crippen molar-refractivity contribution in [2.45, 2.75) is 17.7 Å². The number of hydrogen-bond acceptors (Lipinski definition) is 6.